The summed E-state index contributed by atoms with van der Waals surface area (Å²) in [5, 5.41) is 13.5. The number of rotatable bonds is 27. The zero-order valence-electron chi connectivity index (χ0n) is 30.2. The van der Waals surface area contributed by atoms with Crippen LogP contribution in [-0.2, 0) is 18.5 Å². The van der Waals surface area contributed by atoms with Crippen LogP contribution in [0.3, 0.4) is 0 Å². The summed E-state index contributed by atoms with van der Waals surface area (Å²) in [6, 6.07) is 9.56. The van der Waals surface area contributed by atoms with Gasteiger partial charge in [-0.3, -0.25) is 4.52 Å². The molecule has 0 bridgehead atoms. The smallest absolute Gasteiger partial charge is 0.332 e. The maximum absolute atomic E-state index is 14.0. The number of anilines is 1. The van der Waals surface area contributed by atoms with Gasteiger partial charge in [0, 0.05) is 25.0 Å². The molecular formula is C38H57FN5O6P. The Morgan fingerprint density at radius 3 is 2.33 bits per heavy atom. The molecule has 3 heterocycles. The van der Waals surface area contributed by atoms with Crippen molar-refractivity contribution in [2.75, 3.05) is 32.2 Å². The first kappa shape index (κ1) is 40.9. The number of ether oxygens (including phenoxy) is 3. The van der Waals surface area contributed by atoms with E-state index >= 15 is 0 Å². The van der Waals surface area contributed by atoms with Gasteiger partial charge in [-0.05, 0) is 37.1 Å². The van der Waals surface area contributed by atoms with E-state index in [-0.39, 0.29) is 36.5 Å². The van der Waals surface area contributed by atoms with E-state index in [1.165, 1.54) is 102 Å². The summed E-state index contributed by atoms with van der Waals surface area (Å²) >= 11 is 0. The average molecular weight is 730 g/mol. The number of nitriles is 1. The minimum absolute atomic E-state index is 0.0944. The lowest BCUT2D eigenvalue weighted by Crippen LogP contribution is -2.23. The molecule has 1 aliphatic heterocycles. The normalized spacial score (nSPS) is 17.1. The molecule has 0 aliphatic carbocycles. The summed E-state index contributed by atoms with van der Waals surface area (Å²) in [5.41, 5.74) is 7.66. The standard InChI is InChI=1S/C38H57FN5O6P/c1-2-3-4-5-6-7-8-9-10-11-12-13-14-15-16-21-46-26-31(27-47-33-23-30(25-40)22-32(39)24-33)28-48-51(45)50-37-20-19-36(49-37)34-17-18-35-38(41)42-29-43-44(34)35/h17-18,22-24,29,31,36-37,45H,2-16,19-21,26-28H2,1H3,(H2,41,42,43). The molecule has 3 aromatic rings. The van der Waals surface area contributed by atoms with Crippen molar-refractivity contribution in [2.45, 2.75) is 128 Å². The Balaban J connectivity index is 1.12. The molecule has 4 unspecified atom stereocenters. The van der Waals surface area contributed by atoms with E-state index in [1.54, 1.807) is 4.52 Å². The molecule has 1 aliphatic rings. The number of nitrogen functional groups attached to an aromatic ring is 1. The lowest BCUT2D eigenvalue weighted by molar-refractivity contribution is -0.0836. The van der Waals surface area contributed by atoms with Gasteiger partial charge in [0.25, 0.3) is 0 Å². The molecule has 2 aromatic heterocycles. The van der Waals surface area contributed by atoms with Crippen LogP contribution in [0.2, 0.25) is 0 Å². The second-order valence-electron chi connectivity index (χ2n) is 13.5. The lowest BCUT2D eigenvalue weighted by atomic mass is 10.0. The Kier molecular flexibility index (Phi) is 18.9. The molecule has 0 radical (unpaired) electrons. The molecule has 1 fully saturated rings. The van der Waals surface area contributed by atoms with Gasteiger partial charge in [-0.25, -0.2) is 13.9 Å². The summed E-state index contributed by atoms with van der Waals surface area (Å²) in [7, 11) is -2.25. The van der Waals surface area contributed by atoms with Crippen molar-refractivity contribution in [3.63, 3.8) is 0 Å². The Hall–Kier alpha value is -2.91. The number of nitrogens with zero attached hydrogens (tertiary/aromatic N) is 4. The summed E-state index contributed by atoms with van der Waals surface area (Å²) in [4.78, 5) is 14.6. The zero-order valence-corrected chi connectivity index (χ0v) is 31.1. The van der Waals surface area contributed by atoms with E-state index in [1.807, 2.05) is 18.2 Å². The third-order valence-electron chi connectivity index (χ3n) is 9.18. The van der Waals surface area contributed by atoms with E-state index in [9.17, 15) is 14.5 Å². The quantitative estimate of drug-likeness (QED) is 0.0575. The van der Waals surface area contributed by atoms with Gasteiger partial charge in [-0.1, -0.05) is 96.8 Å². The first-order chi connectivity index (χ1) is 25.0. The van der Waals surface area contributed by atoms with E-state index < -0.39 is 20.7 Å². The first-order valence-corrected chi connectivity index (χ1v) is 20.0. The fourth-order valence-corrected chi connectivity index (χ4v) is 7.07. The van der Waals surface area contributed by atoms with E-state index in [2.05, 4.69) is 17.0 Å². The molecule has 0 amide bonds. The Morgan fingerprint density at radius 2 is 1.65 bits per heavy atom. The van der Waals surface area contributed by atoms with Crippen LogP contribution in [0.4, 0.5) is 10.2 Å². The third kappa shape index (κ3) is 14.9. The molecule has 13 heteroatoms. The van der Waals surface area contributed by atoms with Crippen molar-refractivity contribution in [2.24, 2.45) is 5.92 Å². The molecule has 4 atom stereocenters. The lowest BCUT2D eigenvalue weighted by Gasteiger charge is -2.21. The second kappa shape index (κ2) is 23.6. The Bertz CT molecular complexity index is 1460. The maximum atomic E-state index is 14.0. The van der Waals surface area contributed by atoms with Crippen molar-refractivity contribution in [3.05, 3.63) is 53.7 Å². The molecule has 4 rings (SSSR count). The largest absolute Gasteiger partial charge is 0.493 e. The predicted octanol–water partition coefficient (Wildman–Crippen LogP) is 9.34. The topological polar surface area (TPSA) is 146 Å². The van der Waals surface area contributed by atoms with Crippen LogP contribution >= 0.6 is 8.60 Å². The second-order valence-corrected chi connectivity index (χ2v) is 14.4. The van der Waals surface area contributed by atoms with Gasteiger partial charge in [0.15, 0.2) is 12.1 Å². The van der Waals surface area contributed by atoms with Crippen LogP contribution in [-0.4, -0.2) is 52.2 Å². The van der Waals surface area contributed by atoms with Crippen molar-refractivity contribution in [3.8, 4) is 11.8 Å². The zero-order chi connectivity index (χ0) is 36.1. The van der Waals surface area contributed by atoms with E-state index in [4.69, 9.17) is 29.0 Å². The highest BCUT2D eigenvalue weighted by molar-refractivity contribution is 7.40. The summed E-state index contributed by atoms with van der Waals surface area (Å²) in [6.07, 6.45) is 21.3. The highest BCUT2D eigenvalue weighted by Crippen LogP contribution is 2.42. The molecule has 11 nitrogen and oxygen atoms in total. The van der Waals surface area contributed by atoms with Crippen molar-refractivity contribution in [1.29, 1.82) is 5.26 Å². The Morgan fingerprint density at radius 1 is 0.961 bits per heavy atom. The maximum Gasteiger partial charge on any atom is 0.332 e. The van der Waals surface area contributed by atoms with Crippen LogP contribution in [0.5, 0.6) is 5.75 Å². The number of hydrogen-bond donors (Lipinski definition) is 2. The minimum Gasteiger partial charge on any atom is -0.493 e. The Labute approximate surface area is 304 Å². The van der Waals surface area contributed by atoms with Crippen molar-refractivity contribution >= 4 is 19.9 Å². The highest BCUT2D eigenvalue weighted by atomic mass is 31.2. The van der Waals surface area contributed by atoms with Gasteiger partial charge in [-0.15, -0.1) is 0 Å². The number of unbranched alkanes of at least 4 members (excludes halogenated alkanes) is 14. The van der Waals surface area contributed by atoms with Crippen LogP contribution in [0.15, 0.2) is 36.7 Å². The van der Waals surface area contributed by atoms with Gasteiger partial charge >= 0.3 is 8.60 Å². The van der Waals surface area contributed by atoms with Gasteiger partial charge < -0.3 is 29.4 Å². The summed E-state index contributed by atoms with van der Waals surface area (Å²) in [5.74, 6) is -0.191. The van der Waals surface area contributed by atoms with Crippen LogP contribution in [0.25, 0.3) is 5.52 Å². The van der Waals surface area contributed by atoms with E-state index in [0.29, 0.717) is 37.4 Å². The molecular weight excluding hydrogens is 672 g/mol. The number of hydrogen-bond acceptors (Lipinski definition) is 10. The van der Waals surface area contributed by atoms with E-state index in [0.717, 1.165) is 24.6 Å². The molecule has 1 aromatic carbocycles. The predicted molar refractivity (Wildman–Crippen MR) is 196 cm³/mol. The fraction of sp³-hybridized carbons (Fsp3) is 0.658. The fourth-order valence-electron chi connectivity index (χ4n) is 6.31. The summed E-state index contributed by atoms with van der Waals surface area (Å²) < 4.78 is 45.0. The van der Waals surface area contributed by atoms with Gasteiger partial charge in [0.2, 0.25) is 0 Å². The minimum atomic E-state index is -2.25. The monoisotopic (exact) mass is 729 g/mol. The molecule has 3 N–H and O–H groups in total. The van der Waals surface area contributed by atoms with Crippen molar-refractivity contribution in [1.82, 2.24) is 14.6 Å². The number of fused-ring (bicyclic) bond motifs is 1. The number of halogens is 1. The van der Waals surface area contributed by atoms with Gasteiger partial charge in [0.1, 0.15) is 29.5 Å². The number of aromatic nitrogens is 3. The molecule has 282 valence electrons. The van der Waals surface area contributed by atoms with Crippen molar-refractivity contribution < 1.29 is 32.5 Å². The first-order valence-electron chi connectivity index (χ1n) is 18.9. The van der Waals surface area contributed by atoms with Crippen LogP contribution in [0.1, 0.15) is 133 Å². The van der Waals surface area contributed by atoms with Crippen LogP contribution in [0, 0.1) is 23.1 Å². The highest BCUT2D eigenvalue weighted by Gasteiger charge is 2.32. The van der Waals surface area contributed by atoms with Gasteiger partial charge in [0.05, 0.1) is 37.1 Å². The molecule has 0 spiro atoms. The summed E-state index contributed by atoms with van der Waals surface area (Å²) in [6.45, 7) is 3.44. The van der Waals surface area contributed by atoms with Gasteiger partial charge in [-0.2, -0.15) is 10.4 Å². The molecule has 0 saturated carbocycles. The van der Waals surface area contributed by atoms with Crippen LogP contribution < -0.4 is 10.5 Å². The molecule has 51 heavy (non-hydrogen) atoms. The SMILES string of the molecule is CCCCCCCCCCCCCCCCCOCC(COc1cc(F)cc(C#N)c1)COP(O)OC1CCC(c2ccc3c(N)ncnn23)O1. The molecule has 1 saturated heterocycles. The number of nitrogens with two attached hydrogens (primary N) is 1. The average Bonchev–Trinajstić information content (AvgIpc) is 3.78. The third-order valence-corrected chi connectivity index (χ3v) is 9.97. The number of benzene rings is 1.